The Balaban J connectivity index is 0.000000372. The van der Waals surface area contributed by atoms with Crippen molar-refractivity contribution in [2.24, 2.45) is 28.5 Å². The van der Waals surface area contributed by atoms with Crippen LogP contribution in [0.2, 0.25) is 0 Å². The fourth-order valence-electron chi connectivity index (χ4n) is 6.45. The van der Waals surface area contributed by atoms with Crippen LogP contribution in [0.1, 0.15) is 76.3 Å². The van der Waals surface area contributed by atoms with Gasteiger partial charge in [0, 0.05) is 30.6 Å². The predicted molar refractivity (Wildman–Crippen MR) is 210 cm³/mol. The number of H-pyrrole nitrogens is 1. The summed E-state index contributed by atoms with van der Waals surface area (Å²) in [4.78, 5) is 43.8. The Kier molecular flexibility index (Phi) is 16.5. The summed E-state index contributed by atoms with van der Waals surface area (Å²) in [6.45, 7) is 18.1. The average molecular weight is 786 g/mol. The van der Waals surface area contributed by atoms with Gasteiger partial charge in [-0.25, -0.2) is 4.39 Å². The monoisotopic (exact) mass is 785 g/mol. The number of hydrogen-bond acceptors (Lipinski definition) is 7. The van der Waals surface area contributed by atoms with Crippen molar-refractivity contribution in [2.75, 3.05) is 13.6 Å². The van der Waals surface area contributed by atoms with Gasteiger partial charge in [0.2, 0.25) is 23.6 Å². The number of aromatic amines is 1. The Morgan fingerprint density at radius 1 is 1.00 bits per heavy atom. The zero-order valence-corrected chi connectivity index (χ0v) is 33.0. The molecule has 0 spiro atoms. The molecule has 3 amide bonds. The molecule has 7 N–H and O–H groups in total. The minimum absolute atomic E-state index is 0.00834. The van der Waals surface area contributed by atoms with E-state index >= 15 is 0 Å². The number of nitrogens with zero attached hydrogens (tertiary/aromatic N) is 1. The molecule has 0 saturated carbocycles. The second-order valence-corrected chi connectivity index (χ2v) is 13.9. The number of rotatable bonds is 16. The highest BCUT2D eigenvalue weighted by Gasteiger charge is 2.36. The lowest BCUT2D eigenvalue weighted by atomic mass is 9.85. The number of carbonyl (C=O) groups excluding carboxylic acids is 3. The van der Waals surface area contributed by atoms with Crippen molar-refractivity contribution in [1.82, 2.24) is 26.3 Å². The fourth-order valence-corrected chi connectivity index (χ4v) is 6.45. The molecule has 3 aromatic rings. The minimum atomic E-state index is -4.46. The first-order valence-corrected chi connectivity index (χ1v) is 18.8. The van der Waals surface area contributed by atoms with Gasteiger partial charge in [0.1, 0.15) is 17.9 Å². The van der Waals surface area contributed by atoms with E-state index in [2.05, 4.69) is 44.4 Å². The van der Waals surface area contributed by atoms with Crippen LogP contribution in [0.5, 0.6) is 0 Å². The molecule has 0 bridgehead atoms. The van der Waals surface area contributed by atoms with Gasteiger partial charge in [-0.1, -0.05) is 77.4 Å². The second kappa shape index (κ2) is 20.5. The van der Waals surface area contributed by atoms with Crippen LogP contribution in [0.4, 0.5) is 17.6 Å². The summed E-state index contributed by atoms with van der Waals surface area (Å²) >= 11 is 0. The molecule has 1 heterocycles. The normalized spacial score (nSPS) is 16.2. The van der Waals surface area contributed by atoms with Gasteiger partial charge in [0.05, 0.1) is 23.3 Å². The number of para-hydroxylation sites is 1. The maximum atomic E-state index is 13.5. The third-order valence-electron chi connectivity index (χ3n) is 9.95. The number of aryl methyl sites for hydroxylation is 1. The van der Waals surface area contributed by atoms with Crippen LogP contribution in [0.25, 0.3) is 10.9 Å². The number of halogens is 4. The van der Waals surface area contributed by atoms with Crippen molar-refractivity contribution in [1.29, 1.82) is 0 Å². The maximum Gasteiger partial charge on any atom is 0.418 e. The number of benzene rings is 2. The Morgan fingerprint density at radius 3 is 2.25 bits per heavy atom. The van der Waals surface area contributed by atoms with Gasteiger partial charge in [0.25, 0.3) is 0 Å². The topological polar surface area (TPSA) is 163 Å². The molecule has 1 aliphatic rings. The lowest BCUT2D eigenvalue weighted by Gasteiger charge is -2.29. The zero-order valence-electron chi connectivity index (χ0n) is 33.0. The van der Waals surface area contributed by atoms with Gasteiger partial charge < -0.3 is 36.7 Å². The highest BCUT2D eigenvalue weighted by molar-refractivity contribution is 5.92. The summed E-state index contributed by atoms with van der Waals surface area (Å²) < 4.78 is 59.8. The van der Waals surface area contributed by atoms with Gasteiger partial charge in [0.15, 0.2) is 5.88 Å². The third kappa shape index (κ3) is 12.1. The maximum absolute atomic E-state index is 13.5. The number of carbonyl (C=O) groups is 3. The molecule has 0 radical (unpaired) electrons. The first-order valence-electron chi connectivity index (χ1n) is 18.8. The quantitative estimate of drug-likeness (QED) is 0.0427. The number of primary amides is 1. The first-order chi connectivity index (χ1) is 26.4. The molecule has 2 aromatic carbocycles. The van der Waals surface area contributed by atoms with Gasteiger partial charge in [-0.3, -0.25) is 19.4 Å². The third-order valence-corrected chi connectivity index (χ3v) is 9.95. The van der Waals surface area contributed by atoms with E-state index < -0.39 is 41.5 Å². The number of aromatic nitrogens is 1. The van der Waals surface area contributed by atoms with Crippen LogP contribution in [0.15, 0.2) is 72.3 Å². The van der Waals surface area contributed by atoms with Crippen LogP contribution in [0.3, 0.4) is 0 Å². The Labute approximate surface area is 326 Å². The number of nitrogens with one attached hydrogen (secondary N) is 5. The number of nitrogens with two attached hydrogens (primary N) is 1. The van der Waals surface area contributed by atoms with Crippen LogP contribution < -0.4 is 27.0 Å². The van der Waals surface area contributed by atoms with E-state index in [0.29, 0.717) is 54.9 Å². The van der Waals surface area contributed by atoms with E-state index in [-0.39, 0.29) is 41.5 Å². The van der Waals surface area contributed by atoms with Crippen LogP contribution >= 0.6 is 0 Å². The van der Waals surface area contributed by atoms with Crippen molar-refractivity contribution in [3.05, 3.63) is 95.5 Å². The largest absolute Gasteiger partial charge is 0.425 e. The second-order valence-electron chi connectivity index (χ2n) is 13.9. The average Bonchev–Trinajstić information content (AvgIpc) is 3.53. The highest BCUT2D eigenvalue weighted by Crippen LogP contribution is 2.39. The molecule has 1 aromatic heterocycles. The van der Waals surface area contributed by atoms with Gasteiger partial charge in [-0.05, 0) is 67.9 Å². The molecule has 0 aliphatic heterocycles. The lowest BCUT2D eigenvalue weighted by molar-refractivity contribution is -0.136. The Hall–Kier alpha value is -5.34. The molecule has 15 heteroatoms. The van der Waals surface area contributed by atoms with Crippen LogP contribution in [-0.4, -0.2) is 54.3 Å². The molecular formula is C41H55F4N7O4. The SMILES string of the molecule is C=C(NCC)NC(=C)OC(=NC)C(NC(=O)C1CCc2[nH]c3c(C(F)(F)F)cccc3c2C1)[C@@H](C)CC.CCC(C)C(NC(=O)Cc1ccccc1F)C(N)=O. The number of aliphatic imine (C=N–C) groups is 1. The van der Waals surface area contributed by atoms with Crippen molar-refractivity contribution >= 4 is 34.5 Å². The predicted octanol–water partition coefficient (Wildman–Crippen LogP) is 6.39. The summed E-state index contributed by atoms with van der Waals surface area (Å²) in [7, 11) is 1.58. The number of alkyl halides is 3. The molecule has 1 aliphatic carbocycles. The summed E-state index contributed by atoms with van der Waals surface area (Å²) in [5, 5.41) is 12.1. The highest BCUT2D eigenvalue weighted by atomic mass is 19.4. The Bertz CT molecular complexity index is 1890. The van der Waals surface area contributed by atoms with E-state index in [4.69, 9.17) is 10.5 Å². The van der Waals surface area contributed by atoms with Gasteiger partial charge in [-0.15, -0.1) is 0 Å². The first kappa shape index (κ1) is 45.1. The molecule has 5 atom stereocenters. The molecule has 306 valence electrons. The van der Waals surface area contributed by atoms with E-state index in [1.54, 1.807) is 25.2 Å². The smallest absolute Gasteiger partial charge is 0.418 e. The zero-order chi connectivity index (χ0) is 41.7. The molecule has 4 rings (SSSR count). The van der Waals surface area contributed by atoms with E-state index in [0.717, 1.165) is 23.7 Å². The van der Waals surface area contributed by atoms with E-state index in [1.807, 2.05) is 34.6 Å². The summed E-state index contributed by atoms with van der Waals surface area (Å²) in [6.07, 6.45) is -1.72. The molecule has 56 heavy (non-hydrogen) atoms. The summed E-state index contributed by atoms with van der Waals surface area (Å²) in [6, 6.07) is 8.99. The van der Waals surface area contributed by atoms with Crippen molar-refractivity contribution in [2.45, 2.75) is 91.4 Å². The molecular weight excluding hydrogens is 730 g/mol. The van der Waals surface area contributed by atoms with Crippen molar-refractivity contribution < 1.29 is 36.7 Å². The molecule has 0 fully saturated rings. The molecule has 11 nitrogen and oxygen atoms in total. The van der Waals surface area contributed by atoms with E-state index in [1.165, 1.54) is 18.2 Å². The number of fused-ring (bicyclic) bond motifs is 3. The van der Waals surface area contributed by atoms with Crippen LogP contribution in [-0.2, 0) is 44.6 Å². The number of hydrogen-bond donors (Lipinski definition) is 6. The number of ether oxygens (including phenoxy) is 1. The minimum Gasteiger partial charge on any atom is -0.425 e. The van der Waals surface area contributed by atoms with Crippen LogP contribution in [0, 0.1) is 23.6 Å². The standard InChI is InChI=1S/C27H36F3N5O2.C14H19FN2O2/c1-7-15(3)23(26(31-6)37-17(5)33-16(4)32-8-2)35-25(36)18-12-13-22-20(14-18)19-10-9-11-21(24(19)34-22)27(28,29)30;1-3-9(2)13(14(16)19)17-12(18)8-10-6-4-5-7-11(10)15/h9-11,15,18,23,32-34H,4-5,7-8,12-14H2,1-3,6H3,(H,35,36);4-7,9,13H,3,8H2,1-2H3,(H2,16,19)(H,17,18)/t15-,18?,23?;/m0./s1. The lowest BCUT2D eigenvalue weighted by Crippen LogP contribution is -2.49. The summed E-state index contributed by atoms with van der Waals surface area (Å²) in [5.74, 6) is -0.979. The Morgan fingerprint density at radius 2 is 1.66 bits per heavy atom. The number of amides is 3. The van der Waals surface area contributed by atoms with Gasteiger partial charge >= 0.3 is 6.18 Å². The molecule has 4 unspecified atom stereocenters. The molecule has 0 saturated heterocycles. The fraction of sp³-hybridized carbons (Fsp3) is 0.463. The summed E-state index contributed by atoms with van der Waals surface area (Å²) in [5.41, 5.74) is 6.48. The van der Waals surface area contributed by atoms with Gasteiger partial charge in [-0.2, -0.15) is 13.2 Å². The van der Waals surface area contributed by atoms with E-state index in [9.17, 15) is 31.9 Å². The van der Waals surface area contributed by atoms with Crippen molar-refractivity contribution in [3.8, 4) is 0 Å². The van der Waals surface area contributed by atoms with Crippen molar-refractivity contribution in [3.63, 3.8) is 0 Å².